The van der Waals surface area contributed by atoms with Crippen LogP contribution in [0.4, 0.5) is 0 Å². The molecule has 0 atom stereocenters. The molecule has 0 N–H and O–H groups in total. The standard InChI is InChI=1S/C24H38O3/c1-3-5-6-7-8-9-10-11-12-13-21-26-23-17-14-22(15-18-23)16-19-24(25)27-20-4-2/h14-19H,3-13,20-21H2,1-2H3. The lowest BCUT2D eigenvalue weighted by atomic mass is 10.1. The highest BCUT2D eigenvalue weighted by molar-refractivity contribution is 5.87. The van der Waals surface area contributed by atoms with E-state index in [0.717, 1.165) is 30.8 Å². The van der Waals surface area contributed by atoms with Gasteiger partial charge in [0.15, 0.2) is 0 Å². The number of unbranched alkanes of at least 4 members (excludes halogenated alkanes) is 9. The lowest BCUT2D eigenvalue weighted by molar-refractivity contribution is -0.137. The van der Waals surface area contributed by atoms with E-state index < -0.39 is 0 Å². The van der Waals surface area contributed by atoms with Gasteiger partial charge < -0.3 is 9.47 Å². The first-order valence-electron chi connectivity index (χ1n) is 10.8. The Bertz CT molecular complexity index is 505. The zero-order valence-corrected chi connectivity index (χ0v) is 17.4. The molecule has 0 heterocycles. The molecule has 0 aliphatic heterocycles. The fourth-order valence-corrected chi connectivity index (χ4v) is 2.87. The Morgan fingerprint density at radius 1 is 0.778 bits per heavy atom. The third-order valence-corrected chi connectivity index (χ3v) is 4.51. The van der Waals surface area contributed by atoms with Crippen molar-refractivity contribution in [3.8, 4) is 5.75 Å². The van der Waals surface area contributed by atoms with E-state index in [0.29, 0.717) is 6.61 Å². The number of rotatable bonds is 16. The highest BCUT2D eigenvalue weighted by atomic mass is 16.5. The monoisotopic (exact) mass is 374 g/mol. The molecule has 0 radical (unpaired) electrons. The molecule has 0 saturated carbocycles. The van der Waals surface area contributed by atoms with Gasteiger partial charge in [-0.1, -0.05) is 83.8 Å². The molecule has 1 aromatic rings. The van der Waals surface area contributed by atoms with Crippen LogP contribution in [0.5, 0.6) is 5.75 Å². The number of carbonyl (C=O) groups is 1. The summed E-state index contributed by atoms with van der Waals surface area (Å²) in [6.07, 6.45) is 17.4. The Morgan fingerprint density at radius 3 is 1.96 bits per heavy atom. The molecule has 0 amide bonds. The van der Waals surface area contributed by atoms with Gasteiger partial charge in [0, 0.05) is 6.08 Å². The van der Waals surface area contributed by atoms with Crippen molar-refractivity contribution in [2.75, 3.05) is 13.2 Å². The summed E-state index contributed by atoms with van der Waals surface area (Å²) in [5.74, 6) is 0.592. The number of hydrogen-bond acceptors (Lipinski definition) is 3. The molecule has 0 fully saturated rings. The summed E-state index contributed by atoms with van der Waals surface area (Å²) in [5, 5.41) is 0. The van der Waals surface area contributed by atoms with E-state index in [1.807, 2.05) is 31.2 Å². The zero-order chi connectivity index (χ0) is 19.6. The van der Waals surface area contributed by atoms with Crippen LogP contribution in [-0.2, 0) is 9.53 Å². The number of ether oxygens (including phenoxy) is 2. The number of hydrogen-bond donors (Lipinski definition) is 0. The average molecular weight is 375 g/mol. The highest BCUT2D eigenvalue weighted by Crippen LogP contribution is 2.15. The molecular weight excluding hydrogens is 336 g/mol. The van der Waals surface area contributed by atoms with E-state index in [1.54, 1.807) is 6.08 Å². The molecule has 3 heteroatoms. The van der Waals surface area contributed by atoms with Crippen molar-refractivity contribution >= 4 is 12.0 Å². The minimum absolute atomic E-state index is 0.293. The van der Waals surface area contributed by atoms with Crippen molar-refractivity contribution in [1.29, 1.82) is 0 Å². The number of benzene rings is 1. The van der Waals surface area contributed by atoms with Gasteiger partial charge in [-0.15, -0.1) is 0 Å². The summed E-state index contributed by atoms with van der Waals surface area (Å²) < 4.78 is 10.8. The molecule has 0 saturated heterocycles. The van der Waals surface area contributed by atoms with Crippen molar-refractivity contribution in [2.24, 2.45) is 0 Å². The van der Waals surface area contributed by atoms with Crippen LogP contribution in [0.2, 0.25) is 0 Å². The molecule has 3 nitrogen and oxygen atoms in total. The van der Waals surface area contributed by atoms with Gasteiger partial charge in [-0.3, -0.25) is 0 Å². The van der Waals surface area contributed by atoms with Gasteiger partial charge in [-0.2, -0.15) is 0 Å². The molecular formula is C24H38O3. The van der Waals surface area contributed by atoms with Crippen LogP contribution in [0, 0.1) is 0 Å². The van der Waals surface area contributed by atoms with Gasteiger partial charge in [-0.25, -0.2) is 4.79 Å². The van der Waals surface area contributed by atoms with Gasteiger partial charge in [-0.05, 0) is 36.6 Å². The van der Waals surface area contributed by atoms with E-state index in [9.17, 15) is 4.79 Å². The lowest BCUT2D eigenvalue weighted by Gasteiger charge is -2.06. The Kier molecular flexibility index (Phi) is 14.1. The normalized spacial score (nSPS) is 11.0. The molecule has 0 bridgehead atoms. The second-order valence-corrected chi connectivity index (χ2v) is 7.10. The molecule has 0 spiro atoms. The van der Waals surface area contributed by atoms with Crippen LogP contribution in [0.1, 0.15) is 90.0 Å². The summed E-state index contributed by atoms with van der Waals surface area (Å²) >= 11 is 0. The molecule has 0 aliphatic rings. The second-order valence-electron chi connectivity index (χ2n) is 7.10. The molecule has 1 rings (SSSR count). The Morgan fingerprint density at radius 2 is 1.37 bits per heavy atom. The van der Waals surface area contributed by atoms with Gasteiger partial charge in [0.2, 0.25) is 0 Å². The van der Waals surface area contributed by atoms with Gasteiger partial charge in [0.1, 0.15) is 5.75 Å². The highest BCUT2D eigenvalue weighted by Gasteiger charge is 1.98. The second kappa shape index (κ2) is 16.4. The van der Waals surface area contributed by atoms with Crippen molar-refractivity contribution in [2.45, 2.75) is 84.5 Å². The van der Waals surface area contributed by atoms with E-state index >= 15 is 0 Å². The first kappa shape index (κ1) is 23.3. The fraction of sp³-hybridized carbons (Fsp3) is 0.625. The van der Waals surface area contributed by atoms with Crippen LogP contribution >= 0.6 is 0 Å². The van der Waals surface area contributed by atoms with Crippen molar-refractivity contribution in [3.05, 3.63) is 35.9 Å². The maximum absolute atomic E-state index is 11.4. The molecule has 152 valence electrons. The fourth-order valence-electron chi connectivity index (χ4n) is 2.87. The Labute approximate surface area is 166 Å². The van der Waals surface area contributed by atoms with Crippen LogP contribution in [-0.4, -0.2) is 19.2 Å². The predicted molar refractivity (Wildman–Crippen MR) is 114 cm³/mol. The minimum Gasteiger partial charge on any atom is -0.494 e. The van der Waals surface area contributed by atoms with Gasteiger partial charge in [0.25, 0.3) is 0 Å². The largest absolute Gasteiger partial charge is 0.494 e. The van der Waals surface area contributed by atoms with Crippen LogP contribution < -0.4 is 4.74 Å². The summed E-state index contributed by atoms with van der Waals surface area (Å²) in [6.45, 7) is 5.48. The smallest absolute Gasteiger partial charge is 0.330 e. The SMILES string of the molecule is CCCCCCCCCCCCOc1ccc(C=CC(=O)OCCC)cc1. The number of carbonyl (C=O) groups excluding carboxylic acids is 1. The molecule has 0 aliphatic carbocycles. The molecule has 0 unspecified atom stereocenters. The van der Waals surface area contributed by atoms with E-state index in [-0.39, 0.29) is 5.97 Å². The quantitative estimate of drug-likeness (QED) is 0.178. The van der Waals surface area contributed by atoms with Crippen molar-refractivity contribution in [3.63, 3.8) is 0 Å². The average Bonchev–Trinajstić information content (AvgIpc) is 2.69. The van der Waals surface area contributed by atoms with Crippen LogP contribution in [0.3, 0.4) is 0 Å². The third kappa shape index (κ3) is 13.1. The Balaban J connectivity index is 2.06. The first-order chi connectivity index (χ1) is 13.3. The summed E-state index contributed by atoms with van der Waals surface area (Å²) in [6, 6.07) is 7.82. The van der Waals surface area contributed by atoms with E-state index in [2.05, 4.69) is 6.92 Å². The van der Waals surface area contributed by atoms with Crippen LogP contribution in [0.25, 0.3) is 6.08 Å². The Hall–Kier alpha value is -1.77. The molecule has 1 aromatic carbocycles. The van der Waals surface area contributed by atoms with Crippen molar-refractivity contribution in [1.82, 2.24) is 0 Å². The third-order valence-electron chi connectivity index (χ3n) is 4.51. The van der Waals surface area contributed by atoms with Gasteiger partial charge >= 0.3 is 5.97 Å². The minimum atomic E-state index is -0.293. The predicted octanol–water partition coefficient (Wildman–Crippen LogP) is 6.95. The lowest BCUT2D eigenvalue weighted by Crippen LogP contribution is -2.00. The summed E-state index contributed by atoms with van der Waals surface area (Å²) in [7, 11) is 0. The maximum Gasteiger partial charge on any atom is 0.330 e. The number of esters is 1. The zero-order valence-electron chi connectivity index (χ0n) is 17.4. The van der Waals surface area contributed by atoms with E-state index in [4.69, 9.17) is 9.47 Å². The topological polar surface area (TPSA) is 35.5 Å². The summed E-state index contributed by atoms with van der Waals surface area (Å²) in [5.41, 5.74) is 0.967. The summed E-state index contributed by atoms with van der Waals surface area (Å²) in [4.78, 5) is 11.4. The van der Waals surface area contributed by atoms with Crippen molar-refractivity contribution < 1.29 is 14.3 Å². The van der Waals surface area contributed by atoms with Gasteiger partial charge in [0.05, 0.1) is 13.2 Å². The molecule has 27 heavy (non-hydrogen) atoms. The van der Waals surface area contributed by atoms with E-state index in [1.165, 1.54) is 63.9 Å². The maximum atomic E-state index is 11.4. The van der Waals surface area contributed by atoms with Crippen LogP contribution in [0.15, 0.2) is 30.3 Å². The first-order valence-corrected chi connectivity index (χ1v) is 10.8. The molecule has 0 aromatic heterocycles.